The third-order valence-electron chi connectivity index (χ3n) is 3.66. The normalized spacial score (nSPS) is 15.7. The molecule has 1 fully saturated rings. The van der Waals surface area contributed by atoms with Gasteiger partial charge in [-0.1, -0.05) is 0 Å². The summed E-state index contributed by atoms with van der Waals surface area (Å²) in [4.78, 5) is 18.2. The van der Waals surface area contributed by atoms with Crippen molar-refractivity contribution in [3.63, 3.8) is 0 Å². The fourth-order valence-electron chi connectivity index (χ4n) is 2.44. The molecule has 0 spiro atoms. The van der Waals surface area contributed by atoms with Crippen LogP contribution in [-0.4, -0.2) is 56.9 Å². The third kappa shape index (κ3) is 4.29. The highest BCUT2D eigenvalue weighted by atomic mass is 16.6. The van der Waals surface area contributed by atoms with Crippen molar-refractivity contribution in [3.8, 4) is 0 Å². The predicted molar refractivity (Wildman–Crippen MR) is 90.8 cm³/mol. The van der Waals surface area contributed by atoms with Crippen molar-refractivity contribution >= 4 is 17.5 Å². The fourth-order valence-corrected chi connectivity index (χ4v) is 2.44. The Bertz CT molecular complexity index is 498. The van der Waals surface area contributed by atoms with Crippen molar-refractivity contribution in [3.05, 3.63) is 24.3 Å². The molecule has 0 atom stereocenters. The highest BCUT2D eigenvalue weighted by Gasteiger charge is 2.25. The summed E-state index contributed by atoms with van der Waals surface area (Å²) in [5.74, 6) is 0. The smallest absolute Gasteiger partial charge is 0.410 e. The minimum Gasteiger partial charge on any atom is -0.444 e. The lowest BCUT2D eigenvalue weighted by Crippen LogP contribution is -2.50. The molecule has 0 bridgehead atoms. The van der Waals surface area contributed by atoms with Crippen molar-refractivity contribution in [2.24, 2.45) is 0 Å². The van der Waals surface area contributed by atoms with Crippen LogP contribution in [0, 0.1) is 0 Å². The molecule has 1 aliphatic heterocycles. The van der Waals surface area contributed by atoms with Gasteiger partial charge < -0.3 is 19.4 Å². The number of carbonyl (C=O) groups excluding carboxylic acids is 1. The molecule has 1 aliphatic rings. The average molecular weight is 305 g/mol. The Hall–Kier alpha value is -1.91. The van der Waals surface area contributed by atoms with Crippen molar-refractivity contribution in [1.29, 1.82) is 0 Å². The number of ether oxygens (including phenoxy) is 1. The SMILES string of the molecule is CN(C)c1ccc(N2CCN(C(=O)OC(C)(C)C)CC2)cc1. The van der Waals surface area contributed by atoms with E-state index < -0.39 is 5.60 Å². The number of nitrogens with zero attached hydrogens (tertiary/aromatic N) is 3. The lowest BCUT2D eigenvalue weighted by Gasteiger charge is -2.36. The van der Waals surface area contributed by atoms with Gasteiger partial charge in [0, 0.05) is 51.6 Å². The maximum atomic E-state index is 12.1. The van der Waals surface area contributed by atoms with E-state index in [1.807, 2.05) is 34.9 Å². The van der Waals surface area contributed by atoms with E-state index in [-0.39, 0.29) is 6.09 Å². The van der Waals surface area contributed by atoms with Gasteiger partial charge >= 0.3 is 6.09 Å². The number of anilines is 2. The highest BCUT2D eigenvalue weighted by Crippen LogP contribution is 2.21. The maximum Gasteiger partial charge on any atom is 0.410 e. The molecule has 0 aromatic heterocycles. The van der Waals surface area contributed by atoms with Gasteiger partial charge in [-0.05, 0) is 45.0 Å². The molecule has 2 rings (SSSR count). The monoisotopic (exact) mass is 305 g/mol. The molecule has 5 nitrogen and oxygen atoms in total. The van der Waals surface area contributed by atoms with Crippen molar-refractivity contribution in [2.75, 3.05) is 50.1 Å². The van der Waals surface area contributed by atoms with E-state index in [1.54, 1.807) is 4.90 Å². The number of carbonyl (C=O) groups is 1. The van der Waals surface area contributed by atoms with Gasteiger partial charge in [-0.25, -0.2) is 4.79 Å². The molecule has 1 saturated heterocycles. The number of piperazine rings is 1. The molecular weight excluding hydrogens is 278 g/mol. The first-order valence-corrected chi connectivity index (χ1v) is 7.76. The van der Waals surface area contributed by atoms with E-state index in [2.05, 4.69) is 34.1 Å². The largest absolute Gasteiger partial charge is 0.444 e. The molecule has 1 aromatic carbocycles. The summed E-state index contributed by atoms with van der Waals surface area (Å²) in [6.45, 7) is 8.75. The van der Waals surface area contributed by atoms with Crippen molar-refractivity contribution in [2.45, 2.75) is 26.4 Å². The summed E-state index contributed by atoms with van der Waals surface area (Å²) >= 11 is 0. The van der Waals surface area contributed by atoms with Gasteiger partial charge in [0.05, 0.1) is 0 Å². The molecule has 0 N–H and O–H groups in total. The third-order valence-corrected chi connectivity index (χ3v) is 3.66. The van der Waals surface area contributed by atoms with E-state index in [0.717, 1.165) is 13.1 Å². The summed E-state index contributed by atoms with van der Waals surface area (Å²) in [5, 5.41) is 0. The first-order chi connectivity index (χ1) is 10.3. The van der Waals surface area contributed by atoms with E-state index >= 15 is 0 Å². The second kappa shape index (κ2) is 6.46. The minimum atomic E-state index is -0.434. The van der Waals surface area contributed by atoms with Crippen molar-refractivity contribution < 1.29 is 9.53 Å². The molecule has 0 saturated carbocycles. The van der Waals surface area contributed by atoms with Crippen LogP contribution in [-0.2, 0) is 4.74 Å². The molecule has 0 radical (unpaired) electrons. The summed E-state index contributed by atoms with van der Waals surface area (Å²) < 4.78 is 5.42. The second-order valence-corrected chi connectivity index (χ2v) is 6.87. The van der Waals surface area contributed by atoms with Crippen LogP contribution in [0.2, 0.25) is 0 Å². The van der Waals surface area contributed by atoms with Gasteiger partial charge in [0.15, 0.2) is 0 Å². The van der Waals surface area contributed by atoms with Gasteiger partial charge in [-0.15, -0.1) is 0 Å². The minimum absolute atomic E-state index is 0.213. The van der Waals surface area contributed by atoms with Crippen LogP contribution >= 0.6 is 0 Å². The quantitative estimate of drug-likeness (QED) is 0.842. The van der Waals surface area contributed by atoms with Crippen LogP contribution in [0.4, 0.5) is 16.2 Å². The molecule has 1 aromatic rings. The van der Waals surface area contributed by atoms with E-state index in [9.17, 15) is 4.79 Å². The van der Waals surface area contributed by atoms with E-state index in [4.69, 9.17) is 4.74 Å². The number of rotatable bonds is 2. The molecule has 1 amide bonds. The Morgan fingerprint density at radius 3 is 2.05 bits per heavy atom. The van der Waals surface area contributed by atoms with Crippen LogP contribution in [0.5, 0.6) is 0 Å². The summed E-state index contributed by atoms with van der Waals surface area (Å²) in [7, 11) is 4.07. The molecular formula is C17H27N3O2. The number of benzene rings is 1. The molecule has 0 unspecified atom stereocenters. The van der Waals surface area contributed by atoms with Gasteiger partial charge in [-0.2, -0.15) is 0 Å². The molecule has 5 heteroatoms. The lowest BCUT2D eigenvalue weighted by molar-refractivity contribution is 0.0240. The number of amides is 1. The molecule has 122 valence electrons. The van der Waals surface area contributed by atoms with Crippen LogP contribution in [0.3, 0.4) is 0 Å². The molecule has 22 heavy (non-hydrogen) atoms. The average Bonchev–Trinajstić information content (AvgIpc) is 2.46. The number of hydrogen-bond acceptors (Lipinski definition) is 4. The lowest BCUT2D eigenvalue weighted by atomic mass is 10.2. The fraction of sp³-hybridized carbons (Fsp3) is 0.588. The Morgan fingerprint density at radius 2 is 1.59 bits per heavy atom. The Balaban J connectivity index is 1.90. The number of hydrogen-bond donors (Lipinski definition) is 0. The van der Waals surface area contributed by atoms with Gasteiger partial charge in [0.1, 0.15) is 5.60 Å². The summed E-state index contributed by atoms with van der Waals surface area (Å²) in [5.41, 5.74) is 1.96. The Kier molecular flexibility index (Phi) is 4.84. The van der Waals surface area contributed by atoms with Gasteiger partial charge in [0.25, 0.3) is 0 Å². The van der Waals surface area contributed by atoms with E-state index in [0.29, 0.717) is 13.1 Å². The van der Waals surface area contributed by atoms with Crippen LogP contribution in [0.25, 0.3) is 0 Å². The highest BCUT2D eigenvalue weighted by molar-refractivity contribution is 5.68. The second-order valence-electron chi connectivity index (χ2n) is 6.87. The summed E-state index contributed by atoms with van der Waals surface area (Å²) in [6, 6.07) is 8.52. The predicted octanol–water partition coefficient (Wildman–Crippen LogP) is 2.81. The van der Waals surface area contributed by atoms with Crippen LogP contribution in [0.15, 0.2) is 24.3 Å². The Labute approximate surface area is 133 Å². The van der Waals surface area contributed by atoms with Gasteiger partial charge in [0.2, 0.25) is 0 Å². The molecule has 1 heterocycles. The van der Waals surface area contributed by atoms with Gasteiger partial charge in [-0.3, -0.25) is 0 Å². The Morgan fingerprint density at radius 1 is 1.05 bits per heavy atom. The van der Waals surface area contributed by atoms with Crippen LogP contribution in [0.1, 0.15) is 20.8 Å². The summed E-state index contributed by atoms with van der Waals surface area (Å²) in [6.07, 6.45) is -0.213. The zero-order chi connectivity index (χ0) is 16.3. The van der Waals surface area contributed by atoms with Crippen molar-refractivity contribution in [1.82, 2.24) is 4.90 Å². The zero-order valence-electron chi connectivity index (χ0n) is 14.3. The zero-order valence-corrected chi connectivity index (χ0v) is 14.3. The van der Waals surface area contributed by atoms with E-state index in [1.165, 1.54) is 11.4 Å². The maximum absolute atomic E-state index is 12.1. The van der Waals surface area contributed by atoms with Crippen LogP contribution < -0.4 is 9.80 Å². The standard InChI is InChI=1S/C17H27N3O2/c1-17(2,3)22-16(21)20-12-10-19(11-13-20)15-8-6-14(7-9-15)18(4)5/h6-9H,10-13H2,1-5H3. The molecule has 0 aliphatic carbocycles. The first kappa shape index (κ1) is 16.5. The first-order valence-electron chi connectivity index (χ1n) is 7.76. The topological polar surface area (TPSA) is 36.0 Å².